The molecule has 8 aromatic rings. The normalized spacial score (nSPS) is 10.7. The van der Waals surface area contributed by atoms with Gasteiger partial charge in [0, 0.05) is 52.4 Å². The second kappa shape index (κ2) is 18.4. The lowest BCUT2D eigenvalue weighted by Gasteiger charge is -2.14. The van der Waals surface area contributed by atoms with Gasteiger partial charge in [0.15, 0.2) is 34.6 Å². The molecule has 0 aliphatic rings. The number of halogens is 4. The van der Waals surface area contributed by atoms with E-state index in [9.17, 15) is 8.78 Å². The number of pyridine rings is 2. The van der Waals surface area contributed by atoms with Crippen molar-refractivity contribution >= 4 is 56.5 Å². The maximum Gasteiger partial charge on any atom is 0.230 e. The van der Waals surface area contributed by atoms with Crippen molar-refractivity contribution in [3.05, 3.63) is 155 Å². The van der Waals surface area contributed by atoms with E-state index in [-0.39, 0.29) is 22.3 Å². The third-order valence-electron chi connectivity index (χ3n) is 8.38. The number of aromatic nitrogens is 6. The Hall–Kier alpha value is -6.90. The number of anilines is 2. The summed E-state index contributed by atoms with van der Waals surface area (Å²) in [5.74, 6) is 1.61. The summed E-state index contributed by atoms with van der Waals surface area (Å²) in [7, 11) is 3.08. The lowest BCUT2D eigenvalue weighted by Crippen LogP contribution is -2.01. The summed E-state index contributed by atoms with van der Waals surface area (Å²) in [5, 5.41) is 4.79. The molecule has 0 atom stereocenters. The lowest BCUT2D eigenvalue weighted by molar-refractivity contribution is 0.285. The number of rotatable bonds is 12. The monoisotopic (exact) mass is 821 g/mol. The Bertz CT molecular complexity index is 2500. The minimum Gasteiger partial charge on any atom is -0.493 e. The predicted octanol–water partition coefficient (Wildman–Crippen LogP) is 10.3. The Morgan fingerprint density at radius 3 is 1.66 bits per heavy atom. The van der Waals surface area contributed by atoms with Crippen molar-refractivity contribution < 1.29 is 32.5 Å². The number of methoxy groups -OCH3 is 2. The Kier molecular flexibility index (Phi) is 12.5. The van der Waals surface area contributed by atoms with Crippen LogP contribution in [-0.4, -0.2) is 44.1 Å². The summed E-state index contributed by atoms with van der Waals surface area (Å²) in [6.07, 6.45) is 9.54. The lowest BCUT2D eigenvalue weighted by atomic mass is 10.2. The number of fused-ring (bicyclic) bond motifs is 2. The molecule has 0 amide bonds. The maximum absolute atomic E-state index is 14.2. The van der Waals surface area contributed by atoms with Gasteiger partial charge in [-0.1, -0.05) is 23.2 Å². The highest BCUT2D eigenvalue weighted by Gasteiger charge is 2.16. The summed E-state index contributed by atoms with van der Waals surface area (Å²) in [6.45, 7) is 0.700. The maximum atomic E-state index is 14.2. The van der Waals surface area contributed by atoms with E-state index in [4.69, 9.17) is 46.9 Å². The van der Waals surface area contributed by atoms with Gasteiger partial charge in [-0.05, 0) is 83.9 Å². The molecule has 0 saturated carbocycles. The fraction of sp³-hybridized carbons (Fsp3) is 0.0952. The molecule has 0 radical (unpaired) electrons. The molecule has 0 aliphatic heterocycles. The zero-order valence-corrected chi connectivity index (χ0v) is 32.2. The number of nitrogens with one attached hydrogen (secondary N) is 1. The molecular formula is C42H31Cl2F2N7O5. The quantitative estimate of drug-likeness (QED) is 0.126. The first-order valence-electron chi connectivity index (χ1n) is 17.3. The van der Waals surface area contributed by atoms with E-state index < -0.39 is 11.6 Å². The fourth-order valence-corrected chi connectivity index (χ4v) is 5.81. The largest absolute Gasteiger partial charge is 0.493 e. The van der Waals surface area contributed by atoms with Crippen molar-refractivity contribution in [2.75, 3.05) is 19.5 Å². The zero-order chi connectivity index (χ0) is 40.4. The van der Waals surface area contributed by atoms with E-state index >= 15 is 0 Å². The summed E-state index contributed by atoms with van der Waals surface area (Å²) in [4.78, 5) is 24.9. The summed E-state index contributed by atoms with van der Waals surface area (Å²) < 4.78 is 56.6. The molecule has 0 aliphatic carbocycles. The van der Waals surface area contributed by atoms with Gasteiger partial charge < -0.3 is 29.0 Å². The molecule has 0 fully saturated rings. The summed E-state index contributed by atoms with van der Waals surface area (Å²) in [6, 6.07) is 22.9. The van der Waals surface area contributed by atoms with Crippen LogP contribution in [0.25, 0.3) is 21.8 Å². The van der Waals surface area contributed by atoms with E-state index in [0.29, 0.717) is 68.9 Å². The minimum absolute atomic E-state index is 0.00591. The molecule has 4 heterocycles. The van der Waals surface area contributed by atoms with Crippen LogP contribution in [0.15, 0.2) is 122 Å². The van der Waals surface area contributed by atoms with Crippen LogP contribution >= 0.6 is 23.2 Å². The van der Waals surface area contributed by atoms with E-state index in [1.165, 1.54) is 44.0 Å². The van der Waals surface area contributed by atoms with E-state index in [2.05, 4.69) is 35.2 Å². The van der Waals surface area contributed by atoms with Crippen molar-refractivity contribution in [3.8, 4) is 34.6 Å². The van der Waals surface area contributed by atoms with Gasteiger partial charge in [0.25, 0.3) is 0 Å². The van der Waals surface area contributed by atoms with Gasteiger partial charge in [0.05, 0.1) is 36.3 Å². The predicted molar refractivity (Wildman–Crippen MR) is 215 cm³/mol. The van der Waals surface area contributed by atoms with Gasteiger partial charge in [-0.3, -0.25) is 9.97 Å². The molecule has 0 bridgehead atoms. The Labute approximate surface area is 340 Å². The second-order valence-electron chi connectivity index (χ2n) is 12.2. The molecule has 292 valence electrons. The second-order valence-corrected chi connectivity index (χ2v) is 13.0. The first-order valence-corrected chi connectivity index (χ1v) is 18.1. The van der Waals surface area contributed by atoms with Crippen LogP contribution in [0, 0.1) is 11.6 Å². The topological polar surface area (TPSA) is 136 Å². The number of hydrogen-bond acceptors (Lipinski definition) is 12. The summed E-state index contributed by atoms with van der Waals surface area (Å²) in [5.41, 5.74) is 3.39. The number of nitrogens with zero attached hydrogens (tertiary/aromatic N) is 6. The van der Waals surface area contributed by atoms with Crippen molar-refractivity contribution in [2.24, 2.45) is 0 Å². The van der Waals surface area contributed by atoms with E-state index in [0.717, 1.165) is 11.1 Å². The number of hydrogen-bond donors (Lipinski definition) is 1. The molecule has 0 unspecified atom stereocenters. The molecule has 1 N–H and O–H groups in total. The molecule has 0 saturated heterocycles. The van der Waals surface area contributed by atoms with Crippen molar-refractivity contribution in [1.29, 1.82) is 0 Å². The van der Waals surface area contributed by atoms with Gasteiger partial charge in [-0.2, -0.15) is 0 Å². The fourth-order valence-electron chi connectivity index (χ4n) is 5.49. The van der Waals surface area contributed by atoms with Crippen LogP contribution in [0.1, 0.15) is 11.1 Å². The van der Waals surface area contributed by atoms with Crippen LogP contribution in [-0.2, 0) is 13.2 Å². The standard InChI is InChI=1S/C21H16ClFN4O2.C21H15ClFN3O3/c1-28-19-9-15-18(10-20(19)29-11-13-4-6-24-7-5-13)25-12-26-21(15)27-17-3-2-14(22)8-16(17)23;1-27-19-9-15-17(10-20(19)28-11-13-4-6-24-7-5-13)25-12-26-21(15)29-18-3-2-14(22)8-16(18)23/h2-10,12H,11H2,1H3,(H,25,26,27);2-10,12H,11H2,1H3. The van der Waals surface area contributed by atoms with Crippen LogP contribution in [0.2, 0.25) is 10.0 Å². The average molecular weight is 823 g/mol. The number of benzene rings is 4. The van der Waals surface area contributed by atoms with Crippen molar-refractivity contribution in [2.45, 2.75) is 13.2 Å². The molecule has 12 nitrogen and oxygen atoms in total. The van der Waals surface area contributed by atoms with Gasteiger partial charge in [0.1, 0.15) is 37.5 Å². The third-order valence-corrected chi connectivity index (χ3v) is 8.85. The highest BCUT2D eigenvalue weighted by Crippen LogP contribution is 2.38. The van der Waals surface area contributed by atoms with E-state index in [1.807, 2.05) is 24.3 Å². The van der Waals surface area contributed by atoms with Crippen molar-refractivity contribution in [3.63, 3.8) is 0 Å². The van der Waals surface area contributed by atoms with Gasteiger partial charge in [0.2, 0.25) is 5.88 Å². The molecule has 0 spiro atoms. The Morgan fingerprint density at radius 1 is 0.552 bits per heavy atom. The minimum atomic E-state index is -0.589. The molecule has 4 aromatic carbocycles. The Morgan fingerprint density at radius 2 is 1.09 bits per heavy atom. The molecular weight excluding hydrogens is 791 g/mol. The van der Waals surface area contributed by atoms with Gasteiger partial charge in [-0.15, -0.1) is 0 Å². The molecule has 16 heteroatoms. The first kappa shape index (κ1) is 39.3. The van der Waals surface area contributed by atoms with E-state index in [1.54, 1.807) is 68.3 Å². The average Bonchev–Trinajstić information content (AvgIpc) is 3.24. The van der Waals surface area contributed by atoms with Crippen LogP contribution in [0.4, 0.5) is 20.3 Å². The van der Waals surface area contributed by atoms with Crippen molar-refractivity contribution in [1.82, 2.24) is 29.9 Å². The van der Waals surface area contributed by atoms with Crippen LogP contribution in [0.5, 0.6) is 34.6 Å². The SMILES string of the molecule is COc1cc2c(Nc3ccc(Cl)cc3F)ncnc2cc1OCc1ccncc1.COc1cc2c(Oc3ccc(Cl)cc3F)ncnc2cc1OCc1ccncc1. The zero-order valence-electron chi connectivity index (χ0n) is 30.7. The van der Waals surface area contributed by atoms with Crippen LogP contribution < -0.4 is 29.0 Å². The number of ether oxygens (including phenoxy) is 5. The molecule has 58 heavy (non-hydrogen) atoms. The smallest absolute Gasteiger partial charge is 0.230 e. The third kappa shape index (κ3) is 9.54. The highest BCUT2D eigenvalue weighted by atomic mass is 35.5. The summed E-state index contributed by atoms with van der Waals surface area (Å²) >= 11 is 11.6. The highest BCUT2D eigenvalue weighted by molar-refractivity contribution is 6.30. The van der Waals surface area contributed by atoms with Crippen LogP contribution in [0.3, 0.4) is 0 Å². The molecule has 8 rings (SSSR count). The Balaban J connectivity index is 0.000000177. The first-order chi connectivity index (χ1) is 28.3. The molecule has 4 aromatic heterocycles. The van der Waals surface area contributed by atoms with Gasteiger partial charge in [-0.25, -0.2) is 28.7 Å². The van der Waals surface area contributed by atoms with Gasteiger partial charge >= 0.3 is 0 Å².